The van der Waals surface area contributed by atoms with Gasteiger partial charge in [0.05, 0.1) is 5.69 Å². The first-order valence-electron chi connectivity index (χ1n) is 9.48. The van der Waals surface area contributed by atoms with Gasteiger partial charge in [0.15, 0.2) is 5.60 Å². The maximum Gasteiger partial charge on any atom is 0.204 e. The molecule has 5 heteroatoms. The Bertz CT molecular complexity index is 1200. The monoisotopic (exact) mass is 371 g/mol. The summed E-state index contributed by atoms with van der Waals surface area (Å²) >= 11 is 0. The van der Waals surface area contributed by atoms with Gasteiger partial charge in [-0.05, 0) is 67.6 Å². The topological polar surface area (TPSA) is 65.8 Å². The van der Waals surface area contributed by atoms with E-state index in [2.05, 4.69) is 11.1 Å². The van der Waals surface area contributed by atoms with Crippen molar-refractivity contribution in [2.45, 2.75) is 32.8 Å². The van der Waals surface area contributed by atoms with Gasteiger partial charge in [-0.1, -0.05) is 6.07 Å². The highest BCUT2D eigenvalue weighted by atomic mass is 16.3. The van der Waals surface area contributed by atoms with Crippen molar-refractivity contribution in [1.82, 2.24) is 4.98 Å². The van der Waals surface area contributed by atoms with Crippen molar-refractivity contribution in [3.63, 3.8) is 0 Å². The van der Waals surface area contributed by atoms with E-state index in [1.165, 1.54) is 0 Å². The van der Waals surface area contributed by atoms with Crippen LogP contribution in [-0.2, 0) is 0 Å². The van der Waals surface area contributed by atoms with Crippen LogP contribution in [0.1, 0.15) is 33.6 Å². The van der Waals surface area contributed by atoms with Crippen LogP contribution in [-0.4, -0.2) is 33.9 Å². The lowest BCUT2D eigenvalue weighted by Crippen LogP contribution is -2.48. The minimum Gasteiger partial charge on any atom is -0.374 e. The number of carbonyl (C=O) groups excluding carboxylic acids is 1. The SMILES string of the molecule is Cc1cc2cc(N3CCC4(O)C(=O)c5cc(C)c(C)cc5N=C34)ccc2cn1. The van der Waals surface area contributed by atoms with E-state index >= 15 is 0 Å². The fourth-order valence-corrected chi connectivity index (χ4v) is 4.15. The number of nitrogens with zero attached hydrogens (tertiary/aromatic N) is 3. The average Bonchev–Trinajstić information content (AvgIpc) is 3.01. The van der Waals surface area contributed by atoms with E-state index in [9.17, 15) is 9.90 Å². The van der Waals surface area contributed by atoms with Crippen LogP contribution in [0.3, 0.4) is 0 Å². The van der Waals surface area contributed by atoms with Gasteiger partial charge in [-0.15, -0.1) is 0 Å². The smallest absolute Gasteiger partial charge is 0.204 e. The molecular weight excluding hydrogens is 350 g/mol. The fourth-order valence-electron chi connectivity index (χ4n) is 4.15. The number of ketones is 1. The molecule has 5 nitrogen and oxygen atoms in total. The average molecular weight is 371 g/mol. The van der Waals surface area contributed by atoms with Crippen molar-refractivity contribution in [2.75, 3.05) is 11.4 Å². The predicted molar refractivity (Wildman–Crippen MR) is 111 cm³/mol. The molecule has 1 fully saturated rings. The lowest BCUT2D eigenvalue weighted by Gasteiger charge is -2.30. The molecule has 3 heterocycles. The highest BCUT2D eigenvalue weighted by molar-refractivity contribution is 6.28. The number of carbonyl (C=O) groups is 1. The summed E-state index contributed by atoms with van der Waals surface area (Å²) in [7, 11) is 0. The number of aliphatic imine (C=N–C) groups is 1. The Balaban J connectivity index is 1.66. The first-order valence-corrected chi connectivity index (χ1v) is 9.48. The lowest BCUT2D eigenvalue weighted by atomic mass is 9.86. The number of aliphatic hydroxyl groups is 1. The van der Waals surface area contributed by atoms with E-state index in [1.807, 2.05) is 62.2 Å². The number of amidine groups is 1. The lowest BCUT2D eigenvalue weighted by molar-refractivity contribution is 0.0602. The largest absolute Gasteiger partial charge is 0.374 e. The van der Waals surface area contributed by atoms with Gasteiger partial charge in [-0.2, -0.15) is 0 Å². The molecule has 1 atom stereocenters. The van der Waals surface area contributed by atoms with Crippen LogP contribution in [0.5, 0.6) is 0 Å². The molecular formula is C23H21N3O2. The molecule has 5 rings (SSSR count). The Hall–Kier alpha value is -3.05. The van der Waals surface area contributed by atoms with Crippen LogP contribution in [0.4, 0.5) is 11.4 Å². The molecule has 1 N–H and O–H groups in total. The molecule has 140 valence electrons. The Morgan fingerprint density at radius 2 is 1.82 bits per heavy atom. The molecule has 0 aliphatic carbocycles. The minimum absolute atomic E-state index is 0.251. The molecule has 1 saturated heterocycles. The summed E-state index contributed by atoms with van der Waals surface area (Å²) in [5, 5.41) is 13.4. The van der Waals surface area contributed by atoms with Crippen LogP contribution in [0.2, 0.25) is 0 Å². The quantitative estimate of drug-likeness (QED) is 0.701. The number of rotatable bonds is 1. The predicted octanol–water partition coefficient (Wildman–Crippen LogP) is 4.03. The van der Waals surface area contributed by atoms with Gasteiger partial charge in [0.2, 0.25) is 5.78 Å². The van der Waals surface area contributed by atoms with Gasteiger partial charge < -0.3 is 10.0 Å². The van der Waals surface area contributed by atoms with Crippen molar-refractivity contribution >= 4 is 33.8 Å². The zero-order valence-electron chi connectivity index (χ0n) is 16.2. The third-order valence-corrected chi connectivity index (χ3v) is 5.94. The number of aryl methyl sites for hydroxylation is 3. The number of anilines is 1. The van der Waals surface area contributed by atoms with Crippen LogP contribution in [0.25, 0.3) is 10.8 Å². The summed E-state index contributed by atoms with van der Waals surface area (Å²) in [6.07, 6.45) is 2.20. The Morgan fingerprint density at radius 1 is 1.04 bits per heavy atom. The first kappa shape index (κ1) is 17.1. The van der Waals surface area contributed by atoms with Crippen LogP contribution >= 0.6 is 0 Å². The summed E-state index contributed by atoms with van der Waals surface area (Å²) in [5.41, 5.74) is 3.58. The molecule has 0 spiro atoms. The minimum atomic E-state index is -1.56. The maximum atomic E-state index is 13.2. The molecule has 28 heavy (non-hydrogen) atoms. The molecule has 2 aliphatic heterocycles. The van der Waals surface area contributed by atoms with Gasteiger partial charge in [-0.25, -0.2) is 4.99 Å². The Labute approximate surface area is 163 Å². The zero-order chi connectivity index (χ0) is 19.6. The number of hydrogen-bond donors (Lipinski definition) is 1. The normalized spacial score (nSPS) is 20.9. The van der Waals surface area contributed by atoms with E-state index in [0.29, 0.717) is 30.1 Å². The number of Topliss-reactive ketones (excluding diaryl/α,β-unsaturated/α-hetero) is 1. The molecule has 1 aromatic heterocycles. The number of pyridine rings is 1. The van der Waals surface area contributed by atoms with Crippen LogP contribution in [0.15, 0.2) is 47.6 Å². The van der Waals surface area contributed by atoms with E-state index in [0.717, 1.165) is 33.3 Å². The summed E-state index contributed by atoms with van der Waals surface area (Å²) in [4.78, 5) is 24.2. The molecule has 0 radical (unpaired) electrons. The first-order chi connectivity index (χ1) is 13.4. The molecule has 0 amide bonds. The van der Waals surface area contributed by atoms with Gasteiger partial charge in [-0.3, -0.25) is 9.78 Å². The standard InChI is InChI=1S/C23H21N3O2/c1-13-8-19-20(9-14(13)2)25-22-23(28,21(19)27)6-7-26(22)18-5-4-16-12-24-15(3)10-17(16)11-18/h4-5,8-12,28H,6-7H2,1-3H3. The highest BCUT2D eigenvalue weighted by Gasteiger charge is 2.52. The Morgan fingerprint density at radius 3 is 2.64 bits per heavy atom. The van der Waals surface area contributed by atoms with Gasteiger partial charge >= 0.3 is 0 Å². The molecule has 3 aromatic rings. The number of aromatic nitrogens is 1. The van der Waals surface area contributed by atoms with E-state index in [-0.39, 0.29) is 5.78 Å². The van der Waals surface area contributed by atoms with Gasteiger partial charge in [0, 0.05) is 41.5 Å². The van der Waals surface area contributed by atoms with Crippen molar-refractivity contribution in [3.8, 4) is 0 Å². The second kappa shape index (κ2) is 5.72. The second-order valence-electron chi connectivity index (χ2n) is 7.84. The summed E-state index contributed by atoms with van der Waals surface area (Å²) in [6, 6.07) is 11.9. The van der Waals surface area contributed by atoms with E-state index in [4.69, 9.17) is 4.99 Å². The molecule has 0 saturated carbocycles. The summed E-state index contributed by atoms with van der Waals surface area (Å²) in [6.45, 7) is 6.49. The molecule has 0 bridgehead atoms. The number of fused-ring (bicyclic) bond motifs is 3. The summed E-state index contributed by atoms with van der Waals surface area (Å²) in [5.74, 6) is 0.178. The molecule has 2 aliphatic rings. The fraction of sp³-hybridized carbons (Fsp3) is 0.261. The highest BCUT2D eigenvalue weighted by Crippen LogP contribution is 2.40. The van der Waals surface area contributed by atoms with Crippen molar-refractivity contribution in [1.29, 1.82) is 0 Å². The van der Waals surface area contributed by atoms with Crippen LogP contribution < -0.4 is 4.90 Å². The Kier molecular flexibility index (Phi) is 3.49. The summed E-state index contributed by atoms with van der Waals surface area (Å²) < 4.78 is 0. The van der Waals surface area contributed by atoms with Crippen LogP contribution in [0, 0.1) is 20.8 Å². The van der Waals surface area contributed by atoms with Crippen molar-refractivity contribution in [3.05, 3.63) is 65.0 Å². The van der Waals surface area contributed by atoms with Crippen molar-refractivity contribution in [2.24, 2.45) is 4.99 Å². The number of benzene rings is 2. The second-order valence-corrected chi connectivity index (χ2v) is 7.84. The van der Waals surface area contributed by atoms with Crippen molar-refractivity contribution < 1.29 is 9.90 Å². The van der Waals surface area contributed by atoms with Gasteiger partial charge in [0.1, 0.15) is 5.84 Å². The molecule has 1 unspecified atom stereocenters. The molecule has 2 aromatic carbocycles. The maximum absolute atomic E-state index is 13.2. The number of hydrogen-bond acceptors (Lipinski definition) is 5. The van der Waals surface area contributed by atoms with E-state index in [1.54, 1.807) is 0 Å². The van der Waals surface area contributed by atoms with Gasteiger partial charge in [0.25, 0.3) is 0 Å². The van der Waals surface area contributed by atoms with E-state index < -0.39 is 5.60 Å². The third-order valence-electron chi connectivity index (χ3n) is 5.94. The third kappa shape index (κ3) is 2.33. The zero-order valence-corrected chi connectivity index (χ0v) is 16.2.